The second-order valence-electron chi connectivity index (χ2n) is 9.71. The molecule has 1 fully saturated rings. The van der Waals surface area contributed by atoms with E-state index in [0.717, 1.165) is 43.1 Å². The molecule has 8 heteroatoms. The van der Waals surface area contributed by atoms with Crippen LogP contribution in [-0.2, 0) is 11.3 Å². The third-order valence-corrected chi connectivity index (χ3v) is 6.19. The van der Waals surface area contributed by atoms with Crippen molar-refractivity contribution in [1.82, 2.24) is 20.1 Å². The Labute approximate surface area is 206 Å². The standard InChI is InChI=1S/C26H32ClN5O2/c1-18-16-21(27)10-11-22(18)32-23(17-28-25(33)34-26(2,3)4)29-30-24(32)31-14-12-20(13-15-31)19-8-6-5-7-9-19/h5-11,16,20H,12-15,17H2,1-4H3,(H,28,33). The Morgan fingerprint density at radius 3 is 2.47 bits per heavy atom. The third kappa shape index (κ3) is 5.70. The third-order valence-electron chi connectivity index (χ3n) is 5.95. The average molecular weight is 482 g/mol. The van der Waals surface area contributed by atoms with Crippen LogP contribution in [0.2, 0.25) is 5.02 Å². The van der Waals surface area contributed by atoms with E-state index < -0.39 is 11.7 Å². The van der Waals surface area contributed by atoms with Crippen molar-refractivity contribution in [2.24, 2.45) is 0 Å². The zero-order valence-electron chi connectivity index (χ0n) is 20.2. The van der Waals surface area contributed by atoms with E-state index in [4.69, 9.17) is 16.3 Å². The fourth-order valence-electron chi connectivity index (χ4n) is 4.35. The van der Waals surface area contributed by atoms with Crippen molar-refractivity contribution in [2.75, 3.05) is 18.0 Å². The maximum Gasteiger partial charge on any atom is 0.408 e. The quantitative estimate of drug-likeness (QED) is 0.510. The second-order valence-corrected chi connectivity index (χ2v) is 10.1. The highest BCUT2D eigenvalue weighted by Crippen LogP contribution is 2.32. The maximum atomic E-state index is 12.3. The molecule has 3 aromatic rings. The molecule has 1 N–H and O–H groups in total. The number of carbonyl (C=O) groups excluding carboxylic acids is 1. The molecular formula is C26H32ClN5O2. The van der Waals surface area contributed by atoms with Crippen LogP contribution in [0.4, 0.5) is 10.7 Å². The molecule has 0 spiro atoms. The molecule has 2 heterocycles. The Hall–Kier alpha value is -3.06. The number of anilines is 1. The predicted molar refractivity (Wildman–Crippen MR) is 135 cm³/mol. The summed E-state index contributed by atoms with van der Waals surface area (Å²) in [5.74, 6) is 1.95. The molecular weight excluding hydrogens is 450 g/mol. The van der Waals surface area contributed by atoms with Crippen molar-refractivity contribution < 1.29 is 9.53 Å². The summed E-state index contributed by atoms with van der Waals surface area (Å²) >= 11 is 6.22. The van der Waals surface area contributed by atoms with E-state index in [0.29, 0.717) is 16.8 Å². The van der Waals surface area contributed by atoms with Crippen molar-refractivity contribution in [3.63, 3.8) is 0 Å². The van der Waals surface area contributed by atoms with Gasteiger partial charge < -0.3 is 15.0 Å². The van der Waals surface area contributed by atoms with E-state index in [9.17, 15) is 4.79 Å². The number of piperidine rings is 1. The van der Waals surface area contributed by atoms with Gasteiger partial charge in [0.15, 0.2) is 5.82 Å². The molecule has 0 aliphatic carbocycles. The lowest BCUT2D eigenvalue weighted by Gasteiger charge is -2.33. The molecule has 0 radical (unpaired) electrons. The van der Waals surface area contributed by atoms with E-state index in [1.165, 1.54) is 5.56 Å². The first-order chi connectivity index (χ1) is 16.2. The van der Waals surface area contributed by atoms with Gasteiger partial charge in [-0.2, -0.15) is 0 Å². The van der Waals surface area contributed by atoms with E-state index in [1.54, 1.807) is 0 Å². The van der Waals surface area contributed by atoms with Crippen LogP contribution in [-0.4, -0.2) is 39.5 Å². The zero-order valence-corrected chi connectivity index (χ0v) is 21.0. The lowest BCUT2D eigenvalue weighted by molar-refractivity contribution is 0.0522. The summed E-state index contributed by atoms with van der Waals surface area (Å²) in [6.07, 6.45) is 1.60. The van der Waals surface area contributed by atoms with Gasteiger partial charge in [-0.25, -0.2) is 4.79 Å². The van der Waals surface area contributed by atoms with Gasteiger partial charge in [0.25, 0.3) is 0 Å². The van der Waals surface area contributed by atoms with Crippen LogP contribution in [0.15, 0.2) is 48.5 Å². The number of ether oxygens (including phenoxy) is 1. The van der Waals surface area contributed by atoms with Crippen LogP contribution >= 0.6 is 11.6 Å². The van der Waals surface area contributed by atoms with Gasteiger partial charge >= 0.3 is 6.09 Å². The Morgan fingerprint density at radius 1 is 1.12 bits per heavy atom. The number of hydrogen-bond donors (Lipinski definition) is 1. The molecule has 1 saturated heterocycles. The zero-order chi connectivity index (χ0) is 24.3. The van der Waals surface area contributed by atoms with Gasteiger partial charge in [-0.1, -0.05) is 41.9 Å². The molecule has 4 rings (SSSR count). The number of aromatic nitrogens is 3. The minimum Gasteiger partial charge on any atom is -0.444 e. The fourth-order valence-corrected chi connectivity index (χ4v) is 4.57. The van der Waals surface area contributed by atoms with Crippen molar-refractivity contribution in [1.29, 1.82) is 0 Å². The molecule has 2 aromatic carbocycles. The summed E-state index contributed by atoms with van der Waals surface area (Å²) in [6.45, 7) is 9.48. The lowest BCUT2D eigenvalue weighted by Crippen LogP contribution is -2.35. The lowest BCUT2D eigenvalue weighted by atomic mass is 9.90. The molecule has 7 nitrogen and oxygen atoms in total. The minimum absolute atomic E-state index is 0.199. The molecule has 1 amide bonds. The first-order valence-corrected chi connectivity index (χ1v) is 12.1. The van der Waals surface area contributed by atoms with Crippen molar-refractivity contribution in [3.05, 3.63) is 70.5 Å². The number of nitrogens with one attached hydrogen (secondary N) is 1. The highest BCUT2D eigenvalue weighted by Gasteiger charge is 2.26. The molecule has 34 heavy (non-hydrogen) atoms. The Morgan fingerprint density at radius 2 is 1.82 bits per heavy atom. The van der Waals surface area contributed by atoms with E-state index in [1.807, 2.05) is 50.5 Å². The molecule has 0 atom stereocenters. The summed E-state index contributed by atoms with van der Waals surface area (Å²) in [6, 6.07) is 16.4. The molecule has 1 aliphatic rings. The molecule has 0 bridgehead atoms. The first kappa shape index (κ1) is 24.1. The summed E-state index contributed by atoms with van der Waals surface area (Å²) in [5, 5.41) is 12.5. The topological polar surface area (TPSA) is 72.3 Å². The number of carbonyl (C=O) groups is 1. The SMILES string of the molecule is Cc1cc(Cl)ccc1-n1c(CNC(=O)OC(C)(C)C)nnc1N1CCC(c2ccccc2)CC1. The van der Waals surface area contributed by atoms with Gasteiger partial charge in [-0.3, -0.25) is 4.57 Å². The van der Waals surface area contributed by atoms with Crippen LogP contribution in [0.1, 0.15) is 56.5 Å². The first-order valence-electron chi connectivity index (χ1n) is 11.7. The minimum atomic E-state index is -0.571. The van der Waals surface area contributed by atoms with Crippen LogP contribution in [0.25, 0.3) is 5.69 Å². The Bertz CT molecular complexity index is 1130. The smallest absolute Gasteiger partial charge is 0.408 e. The molecule has 0 saturated carbocycles. The van der Waals surface area contributed by atoms with E-state index in [-0.39, 0.29) is 6.54 Å². The van der Waals surface area contributed by atoms with Crippen molar-refractivity contribution in [3.8, 4) is 5.69 Å². The fraction of sp³-hybridized carbons (Fsp3) is 0.423. The van der Waals surface area contributed by atoms with Crippen LogP contribution in [0.3, 0.4) is 0 Å². The number of rotatable bonds is 5. The number of nitrogens with zero attached hydrogens (tertiary/aromatic N) is 4. The molecule has 0 unspecified atom stereocenters. The van der Waals surface area contributed by atoms with Crippen molar-refractivity contribution in [2.45, 2.75) is 58.6 Å². The average Bonchev–Trinajstić information content (AvgIpc) is 3.21. The van der Waals surface area contributed by atoms with E-state index in [2.05, 4.69) is 50.7 Å². The van der Waals surface area contributed by atoms with Gasteiger partial charge in [-0.15, -0.1) is 10.2 Å². The predicted octanol–water partition coefficient (Wildman–Crippen LogP) is 5.64. The van der Waals surface area contributed by atoms with E-state index >= 15 is 0 Å². The number of amides is 1. The monoisotopic (exact) mass is 481 g/mol. The molecule has 1 aliphatic heterocycles. The summed E-state index contributed by atoms with van der Waals surface area (Å²) in [7, 11) is 0. The summed E-state index contributed by atoms with van der Waals surface area (Å²) in [4.78, 5) is 14.5. The Balaban J connectivity index is 1.58. The number of hydrogen-bond acceptors (Lipinski definition) is 5. The van der Waals surface area contributed by atoms with Crippen LogP contribution < -0.4 is 10.2 Å². The highest BCUT2D eigenvalue weighted by molar-refractivity contribution is 6.30. The van der Waals surface area contributed by atoms with Crippen molar-refractivity contribution >= 4 is 23.6 Å². The maximum absolute atomic E-state index is 12.3. The summed E-state index contributed by atoms with van der Waals surface area (Å²) in [5.41, 5.74) is 2.76. The number of halogens is 1. The normalized spacial score (nSPS) is 14.8. The number of alkyl carbamates (subject to hydrolysis) is 1. The second kappa shape index (κ2) is 10.1. The van der Waals surface area contributed by atoms with Gasteiger partial charge in [-0.05, 0) is 75.8 Å². The highest BCUT2D eigenvalue weighted by atomic mass is 35.5. The van der Waals surface area contributed by atoms with Gasteiger partial charge in [0.1, 0.15) is 5.60 Å². The largest absolute Gasteiger partial charge is 0.444 e. The van der Waals surface area contributed by atoms with Crippen LogP contribution in [0.5, 0.6) is 0 Å². The number of aryl methyl sites for hydroxylation is 1. The molecule has 180 valence electrons. The molecule has 1 aromatic heterocycles. The van der Waals surface area contributed by atoms with Gasteiger partial charge in [0.2, 0.25) is 5.95 Å². The Kier molecular flexibility index (Phi) is 7.12. The summed E-state index contributed by atoms with van der Waals surface area (Å²) < 4.78 is 7.41. The number of benzene rings is 2. The van der Waals surface area contributed by atoms with Gasteiger partial charge in [0.05, 0.1) is 12.2 Å². The van der Waals surface area contributed by atoms with Crippen LogP contribution in [0, 0.1) is 6.92 Å². The van der Waals surface area contributed by atoms with Gasteiger partial charge in [0, 0.05) is 18.1 Å².